The molecule has 0 radical (unpaired) electrons. The lowest BCUT2D eigenvalue weighted by atomic mass is 10.1. The summed E-state index contributed by atoms with van der Waals surface area (Å²) < 4.78 is 11.0. The second-order valence-electron chi connectivity index (χ2n) is 4.13. The molecule has 3 heteroatoms. The smallest absolute Gasteiger partial charge is 0.146 e. The van der Waals surface area contributed by atoms with Crippen LogP contribution < -0.4 is 15.2 Å². The van der Waals surface area contributed by atoms with Crippen molar-refractivity contribution >= 4 is 5.69 Å². The van der Waals surface area contributed by atoms with Gasteiger partial charge in [-0.05, 0) is 31.4 Å². The number of nitrogens with two attached hydrogens (primary N) is 1. The lowest BCUT2D eigenvalue weighted by molar-refractivity contribution is 0.287. The molecule has 0 heterocycles. The van der Waals surface area contributed by atoms with Gasteiger partial charge in [0.05, 0.1) is 13.2 Å². The van der Waals surface area contributed by atoms with E-state index in [0.717, 1.165) is 6.42 Å². The molecule has 0 atom stereocenters. The Balaban J connectivity index is 2.62. The Labute approximate surface area is 97.6 Å². The van der Waals surface area contributed by atoms with E-state index in [0.29, 0.717) is 36.3 Å². The van der Waals surface area contributed by atoms with Crippen molar-refractivity contribution in [3.8, 4) is 11.5 Å². The Bertz CT molecular complexity index is 324. The summed E-state index contributed by atoms with van der Waals surface area (Å²) in [6, 6.07) is 5.62. The third-order valence-electron chi connectivity index (χ3n) is 2.28. The highest BCUT2D eigenvalue weighted by atomic mass is 16.5. The molecule has 0 amide bonds. The molecule has 0 aliphatic rings. The molecule has 0 spiro atoms. The van der Waals surface area contributed by atoms with Crippen molar-refractivity contribution in [3.63, 3.8) is 0 Å². The third-order valence-corrected chi connectivity index (χ3v) is 2.28. The van der Waals surface area contributed by atoms with Crippen molar-refractivity contribution in [2.45, 2.75) is 27.2 Å². The van der Waals surface area contributed by atoms with Crippen LogP contribution in [-0.4, -0.2) is 13.2 Å². The molecular formula is C13H21NO2. The summed E-state index contributed by atoms with van der Waals surface area (Å²) in [5.74, 6) is 2.05. The molecular weight excluding hydrogens is 202 g/mol. The predicted octanol–water partition coefficient (Wildman–Crippen LogP) is 3.09. The van der Waals surface area contributed by atoms with E-state index in [1.165, 1.54) is 0 Å². The van der Waals surface area contributed by atoms with Crippen LogP contribution in [0.5, 0.6) is 11.5 Å². The number of hydrogen-bond donors (Lipinski definition) is 1. The van der Waals surface area contributed by atoms with E-state index < -0.39 is 0 Å². The standard InChI is InChI=1S/C13H21NO2/c1-4-15-11-6-5-7-12(13(11)14)16-9-8-10(2)3/h5-7,10H,4,8-9,14H2,1-3H3. The minimum absolute atomic E-state index is 0.591. The molecule has 0 bridgehead atoms. The maximum Gasteiger partial charge on any atom is 0.146 e. The number of nitrogen functional groups attached to an aromatic ring is 1. The summed E-state index contributed by atoms with van der Waals surface area (Å²) >= 11 is 0. The van der Waals surface area contributed by atoms with Gasteiger partial charge in [0.1, 0.15) is 17.2 Å². The van der Waals surface area contributed by atoms with Crippen LogP contribution in [-0.2, 0) is 0 Å². The Kier molecular flexibility index (Phi) is 4.96. The first-order valence-corrected chi connectivity index (χ1v) is 5.79. The van der Waals surface area contributed by atoms with Gasteiger partial charge in [0.2, 0.25) is 0 Å². The fourth-order valence-electron chi connectivity index (χ4n) is 1.34. The average molecular weight is 223 g/mol. The van der Waals surface area contributed by atoms with Gasteiger partial charge < -0.3 is 15.2 Å². The van der Waals surface area contributed by atoms with E-state index in [2.05, 4.69) is 13.8 Å². The van der Waals surface area contributed by atoms with Gasteiger partial charge >= 0.3 is 0 Å². The van der Waals surface area contributed by atoms with Crippen LogP contribution in [0.15, 0.2) is 18.2 Å². The number of rotatable bonds is 6. The molecule has 0 saturated heterocycles. The monoisotopic (exact) mass is 223 g/mol. The SMILES string of the molecule is CCOc1cccc(OCCC(C)C)c1N. The van der Waals surface area contributed by atoms with Gasteiger partial charge in [-0.3, -0.25) is 0 Å². The first-order chi connectivity index (χ1) is 7.65. The minimum atomic E-state index is 0.591. The van der Waals surface area contributed by atoms with Crippen LogP contribution in [0.1, 0.15) is 27.2 Å². The molecule has 2 N–H and O–H groups in total. The minimum Gasteiger partial charge on any atom is -0.492 e. The first kappa shape index (κ1) is 12.7. The fourth-order valence-corrected chi connectivity index (χ4v) is 1.34. The van der Waals surface area contributed by atoms with Crippen molar-refractivity contribution < 1.29 is 9.47 Å². The zero-order valence-electron chi connectivity index (χ0n) is 10.3. The summed E-state index contributed by atoms with van der Waals surface area (Å²) in [7, 11) is 0. The van der Waals surface area contributed by atoms with Crippen LogP contribution in [0.4, 0.5) is 5.69 Å². The van der Waals surface area contributed by atoms with Gasteiger partial charge in [0.25, 0.3) is 0 Å². The van der Waals surface area contributed by atoms with Crippen LogP contribution >= 0.6 is 0 Å². The first-order valence-electron chi connectivity index (χ1n) is 5.79. The molecule has 1 rings (SSSR count). The van der Waals surface area contributed by atoms with Gasteiger partial charge in [-0.1, -0.05) is 19.9 Å². The van der Waals surface area contributed by atoms with E-state index >= 15 is 0 Å². The number of ether oxygens (including phenoxy) is 2. The summed E-state index contributed by atoms with van der Waals surface area (Å²) in [5, 5.41) is 0. The van der Waals surface area contributed by atoms with Crippen LogP contribution in [0, 0.1) is 5.92 Å². The van der Waals surface area contributed by atoms with Gasteiger partial charge in [0, 0.05) is 0 Å². The number of benzene rings is 1. The van der Waals surface area contributed by atoms with Gasteiger partial charge in [-0.15, -0.1) is 0 Å². The molecule has 0 aliphatic carbocycles. The quantitative estimate of drug-likeness (QED) is 0.754. The molecule has 0 fully saturated rings. The van der Waals surface area contributed by atoms with Crippen molar-refractivity contribution in [2.75, 3.05) is 18.9 Å². The highest BCUT2D eigenvalue weighted by Crippen LogP contribution is 2.31. The van der Waals surface area contributed by atoms with Crippen LogP contribution in [0.3, 0.4) is 0 Å². The Hall–Kier alpha value is -1.38. The van der Waals surface area contributed by atoms with E-state index in [4.69, 9.17) is 15.2 Å². The highest BCUT2D eigenvalue weighted by molar-refractivity contribution is 5.62. The lowest BCUT2D eigenvalue weighted by Gasteiger charge is -2.13. The van der Waals surface area contributed by atoms with Crippen molar-refractivity contribution in [3.05, 3.63) is 18.2 Å². The topological polar surface area (TPSA) is 44.5 Å². The normalized spacial score (nSPS) is 10.5. The van der Waals surface area contributed by atoms with E-state index in [1.807, 2.05) is 25.1 Å². The second-order valence-corrected chi connectivity index (χ2v) is 4.13. The van der Waals surface area contributed by atoms with Gasteiger partial charge in [0.15, 0.2) is 0 Å². The second kappa shape index (κ2) is 6.26. The van der Waals surface area contributed by atoms with Crippen LogP contribution in [0.2, 0.25) is 0 Å². The zero-order chi connectivity index (χ0) is 12.0. The summed E-state index contributed by atoms with van der Waals surface area (Å²) in [4.78, 5) is 0. The maximum atomic E-state index is 5.94. The maximum absolute atomic E-state index is 5.94. The summed E-state index contributed by atoms with van der Waals surface area (Å²) in [6.07, 6.45) is 1.03. The molecule has 3 nitrogen and oxygen atoms in total. The summed E-state index contributed by atoms with van der Waals surface area (Å²) in [5.41, 5.74) is 6.53. The molecule has 1 aromatic carbocycles. The Morgan fingerprint density at radius 1 is 1.19 bits per heavy atom. The molecule has 90 valence electrons. The van der Waals surface area contributed by atoms with Crippen LogP contribution in [0.25, 0.3) is 0 Å². The van der Waals surface area contributed by atoms with Crippen molar-refractivity contribution in [1.29, 1.82) is 0 Å². The van der Waals surface area contributed by atoms with Crippen molar-refractivity contribution in [1.82, 2.24) is 0 Å². The Morgan fingerprint density at radius 3 is 2.38 bits per heavy atom. The molecule has 0 aromatic heterocycles. The van der Waals surface area contributed by atoms with E-state index in [1.54, 1.807) is 0 Å². The molecule has 0 unspecified atom stereocenters. The number of para-hydroxylation sites is 1. The zero-order valence-corrected chi connectivity index (χ0v) is 10.3. The molecule has 0 saturated carbocycles. The van der Waals surface area contributed by atoms with Gasteiger partial charge in [-0.25, -0.2) is 0 Å². The highest BCUT2D eigenvalue weighted by Gasteiger charge is 2.06. The average Bonchev–Trinajstić information content (AvgIpc) is 2.23. The third kappa shape index (κ3) is 3.65. The lowest BCUT2D eigenvalue weighted by Crippen LogP contribution is -2.04. The molecule has 1 aromatic rings. The van der Waals surface area contributed by atoms with E-state index in [9.17, 15) is 0 Å². The van der Waals surface area contributed by atoms with Gasteiger partial charge in [-0.2, -0.15) is 0 Å². The summed E-state index contributed by atoms with van der Waals surface area (Å²) in [6.45, 7) is 7.58. The predicted molar refractivity (Wildman–Crippen MR) is 67.0 cm³/mol. The number of anilines is 1. The largest absolute Gasteiger partial charge is 0.492 e. The fraction of sp³-hybridized carbons (Fsp3) is 0.538. The number of hydrogen-bond acceptors (Lipinski definition) is 3. The molecule has 16 heavy (non-hydrogen) atoms. The van der Waals surface area contributed by atoms with Crippen molar-refractivity contribution in [2.24, 2.45) is 5.92 Å². The van der Waals surface area contributed by atoms with E-state index in [-0.39, 0.29) is 0 Å². The Morgan fingerprint density at radius 2 is 1.81 bits per heavy atom. The molecule has 0 aliphatic heterocycles.